The second kappa shape index (κ2) is 5.34. The summed E-state index contributed by atoms with van der Waals surface area (Å²) in [5.74, 6) is -1.89. The summed E-state index contributed by atoms with van der Waals surface area (Å²) in [7, 11) is 0. The molecule has 0 fully saturated rings. The Morgan fingerprint density at radius 2 is 2.00 bits per heavy atom. The lowest BCUT2D eigenvalue weighted by atomic mass is 10.0. The van der Waals surface area contributed by atoms with Gasteiger partial charge in [0.15, 0.2) is 5.82 Å². The highest BCUT2D eigenvalue weighted by atomic mass is 16.6. The van der Waals surface area contributed by atoms with Gasteiger partial charge in [-0.1, -0.05) is 6.07 Å². The number of pyridine rings is 1. The van der Waals surface area contributed by atoms with Crippen LogP contribution in [0.3, 0.4) is 0 Å². The monoisotopic (exact) mass is 311 g/mol. The Hall–Kier alpha value is -3.55. The van der Waals surface area contributed by atoms with Crippen molar-refractivity contribution in [2.45, 2.75) is 0 Å². The molecule has 0 saturated heterocycles. The van der Waals surface area contributed by atoms with Gasteiger partial charge in [0.05, 0.1) is 16.6 Å². The van der Waals surface area contributed by atoms with Crippen molar-refractivity contribution in [1.29, 1.82) is 0 Å². The molecule has 0 bridgehead atoms. The molecule has 2 aromatic heterocycles. The first-order valence-electron chi connectivity index (χ1n) is 6.47. The Balaban J connectivity index is 2.11. The number of benzene rings is 1. The van der Waals surface area contributed by atoms with Gasteiger partial charge in [-0.15, -0.1) is 0 Å². The van der Waals surface area contributed by atoms with Gasteiger partial charge in [-0.25, -0.2) is 9.78 Å². The third-order valence-electron chi connectivity index (χ3n) is 3.33. The standard InChI is InChI=1S/C15H9N3O5/c19-13(14-16-8-10-3-1-2-6-17(10)14)9-4-5-12(18(22)23)11(7-9)15(20)21/h1-8H,(H,20,21). The van der Waals surface area contributed by atoms with Crippen LogP contribution in [-0.4, -0.2) is 31.2 Å². The zero-order chi connectivity index (χ0) is 16.6. The van der Waals surface area contributed by atoms with Crippen molar-refractivity contribution in [1.82, 2.24) is 9.38 Å². The number of nitro benzene ring substituents is 1. The van der Waals surface area contributed by atoms with Gasteiger partial charge in [0.2, 0.25) is 5.78 Å². The first-order valence-corrected chi connectivity index (χ1v) is 6.47. The molecule has 0 aliphatic heterocycles. The maximum atomic E-state index is 12.5. The van der Waals surface area contributed by atoms with Crippen LogP contribution in [0.25, 0.3) is 5.52 Å². The largest absolute Gasteiger partial charge is 0.477 e. The van der Waals surface area contributed by atoms with Gasteiger partial charge in [-0.2, -0.15) is 0 Å². The lowest BCUT2D eigenvalue weighted by Gasteiger charge is -2.03. The first kappa shape index (κ1) is 14.4. The number of hydrogen-bond acceptors (Lipinski definition) is 5. The van der Waals surface area contributed by atoms with Crippen molar-refractivity contribution in [2.24, 2.45) is 0 Å². The number of aromatic carboxylic acids is 1. The van der Waals surface area contributed by atoms with E-state index < -0.39 is 27.9 Å². The number of aromatic nitrogens is 2. The van der Waals surface area contributed by atoms with E-state index in [0.717, 1.165) is 12.1 Å². The van der Waals surface area contributed by atoms with E-state index in [1.165, 1.54) is 12.3 Å². The number of nitrogens with zero attached hydrogens (tertiary/aromatic N) is 3. The summed E-state index contributed by atoms with van der Waals surface area (Å²) in [4.78, 5) is 37.8. The van der Waals surface area contributed by atoms with Crippen molar-refractivity contribution >= 4 is 23.0 Å². The van der Waals surface area contributed by atoms with Gasteiger partial charge in [0.25, 0.3) is 5.69 Å². The lowest BCUT2D eigenvalue weighted by molar-refractivity contribution is -0.385. The maximum absolute atomic E-state index is 12.5. The molecule has 114 valence electrons. The van der Waals surface area contributed by atoms with Crippen LogP contribution in [0.5, 0.6) is 0 Å². The number of ketones is 1. The molecular formula is C15H9N3O5. The van der Waals surface area contributed by atoms with Gasteiger partial charge in [0.1, 0.15) is 5.56 Å². The fraction of sp³-hybridized carbons (Fsp3) is 0. The molecule has 0 saturated carbocycles. The Kier molecular flexibility index (Phi) is 3.34. The predicted octanol–water partition coefficient (Wildman–Crippen LogP) is 2.17. The number of carbonyl (C=O) groups excluding carboxylic acids is 1. The number of nitro groups is 1. The van der Waals surface area contributed by atoms with E-state index in [1.54, 1.807) is 28.8 Å². The molecule has 0 radical (unpaired) electrons. The summed E-state index contributed by atoms with van der Waals surface area (Å²) in [5, 5.41) is 19.9. The summed E-state index contributed by atoms with van der Waals surface area (Å²) in [6.45, 7) is 0. The Bertz CT molecular complexity index is 961. The van der Waals surface area contributed by atoms with Crippen molar-refractivity contribution in [3.05, 3.63) is 75.9 Å². The zero-order valence-corrected chi connectivity index (χ0v) is 11.5. The van der Waals surface area contributed by atoms with Crippen LogP contribution in [0.4, 0.5) is 5.69 Å². The van der Waals surface area contributed by atoms with E-state index in [1.807, 2.05) is 0 Å². The minimum Gasteiger partial charge on any atom is -0.477 e. The molecule has 3 rings (SSSR count). The first-order chi connectivity index (χ1) is 11.0. The van der Waals surface area contributed by atoms with Crippen LogP contribution in [0.2, 0.25) is 0 Å². The summed E-state index contributed by atoms with van der Waals surface area (Å²) < 4.78 is 1.56. The molecule has 8 heteroatoms. The smallest absolute Gasteiger partial charge is 0.342 e. The molecule has 0 atom stereocenters. The molecule has 0 amide bonds. The molecule has 1 N–H and O–H groups in total. The molecule has 0 aliphatic carbocycles. The van der Waals surface area contributed by atoms with Crippen LogP contribution in [0, 0.1) is 10.1 Å². The van der Waals surface area contributed by atoms with E-state index in [-0.39, 0.29) is 11.4 Å². The minimum atomic E-state index is -1.47. The van der Waals surface area contributed by atoms with E-state index in [4.69, 9.17) is 5.11 Å². The summed E-state index contributed by atoms with van der Waals surface area (Å²) >= 11 is 0. The summed E-state index contributed by atoms with van der Waals surface area (Å²) in [6.07, 6.45) is 3.16. The van der Waals surface area contributed by atoms with Crippen LogP contribution in [0.1, 0.15) is 26.5 Å². The Labute approximate surface area is 128 Å². The van der Waals surface area contributed by atoms with E-state index >= 15 is 0 Å². The molecule has 23 heavy (non-hydrogen) atoms. The minimum absolute atomic E-state index is 0.0179. The second-order valence-corrected chi connectivity index (χ2v) is 4.70. The van der Waals surface area contributed by atoms with E-state index in [9.17, 15) is 19.7 Å². The number of carbonyl (C=O) groups is 2. The Morgan fingerprint density at radius 1 is 1.22 bits per heavy atom. The number of carboxylic acid groups (broad SMARTS) is 1. The summed E-state index contributed by atoms with van der Waals surface area (Å²) in [5.41, 5.74) is -0.385. The molecule has 3 aromatic rings. The second-order valence-electron chi connectivity index (χ2n) is 4.70. The molecule has 2 heterocycles. The highest BCUT2D eigenvalue weighted by Gasteiger charge is 2.23. The topological polar surface area (TPSA) is 115 Å². The number of hydrogen-bond donors (Lipinski definition) is 1. The normalized spacial score (nSPS) is 10.6. The highest BCUT2D eigenvalue weighted by molar-refractivity contribution is 6.08. The van der Waals surface area contributed by atoms with Gasteiger partial charge < -0.3 is 5.11 Å². The number of imidazole rings is 1. The average Bonchev–Trinajstić information content (AvgIpc) is 2.97. The van der Waals surface area contributed by atoms with Crippen LogP contribution in [0.15, 0.2) is 48.8 Å². The number of carboxylic acids is 1. The summed E-state index contributed by atoms with van der Waals surface area (Å²) in [6, 6.07) is 8.50. The van der Waals surface area contributed by atoms with Gasteiger partial charge in [-0.05, 0) is 24.3 Å². The average molecular weight is 311 g/mol. The predicted molar refractivity (Wildman–Crippen MR) is 78.7 cm³/mol. The molecule has 8 nitrogen and oxygen atoms in total. The van der Waals surface area contributed by atoms with Gasteiger partial charge in [0, 0.05) is 17.8 Å². The van der Waals surface area contributed by atoms with Crippen molar-refractivity contribution in [3.8, 4) is 0 Å². The quantitative estimate of drug-likeness (QED) is 0.448. The zero-order valence-electron chi connectivity index (χ0n) is 11.5. The van der Waals surface area contributed by atoms with Crippen molar-refractivity contribution in [2.75, 3.05) is 0 Å². The molecule has 0 aliphatic rings. The van der Waals surface area contributed by atoms with Crippen molar-refractivity contribution in [3.63, 3.8) is 0 Å². The maximum Gasteiger partial charge on any atom is 0.342 e. The van der Waals surface area contributed by atoms with Crippen LogP contribution < -0.4 is 0 Å². The van der Waals surface area contributed by atoms with Gasteiger partial charge in [-0.3, -0.25) is 19.3 Å². The fourth-order valence-electron chi connectivity index (χ4n) is 2.25. The number of rotatable bonds is 4. The Morgan fingerprint density at radius 3 is 2.70 bits per heavy atom. The molecule has 1 aromatic carbocycles. The van der Waals surface area contributed by atoms with Gasteiger partial charge >= 0.3 is 5.97 Å². The van der Waals surface area contributed by atoms with Crippen LogP contribution >= 0.6 is 0 Å². The fourth-order valence-corrected chi connectivity index (χ4v) is 2.25. The third-order valence-corrected chi connectivity index (χ3v) is 3.33. The number of fused-ring (bicyclic) bond motifs is 1. The van der Waals surface area contributed by atoms with E-state index in [0.29, 0.717) is 5.52 Å². The lowest BCUT2D eigenvalue weighted by Crippen LogP contribution is -2.10. The van der Waals surface area contributed by atoms with Crippen molar-refractivity contribution < 1.29 is 19.6 Å². The molecular weight excluding hydrogens is 302 g/mol. The van der Waals surface area contributed by atoms with E-state index in [2.05, 4.69) is 4.98 Å². The molecule has 0 spiro atoms. The third kappa shape index (κ3) is 2.42. The SMILES string of the molecule is O=C(O)c1cc(C(=O)c2ncc3ccccn23)ccc1[N+](=O)[O-]. The highest BCUT2D eigenvalue weighted by Crippen LogP contribution is 2.22. The van der Waals surface area contributed by atoms with Crippen LogP contribution in [-0.2, 0) is 0 Å². The molecule has 0 unspecified atom stereocenters.